The number of amides is 1. The summed E-state index contributed by atoms with van der Waals surface area (Å²) in [5.74, 6) is 3.08. The lowest BCUT2D eigenvalue weighted by Crippen LogP contribution is -2.41. The molecule has 1 aliphatic heterocycles. The van der Waals surface area contributed by atoms with E-state index < -0.39 is 15.6 Å². The molecule has 2 aromatic carbocycles. The van der Waals surface area contributed by atoms with Gasteiger partial charge in [-0.1, -0.05) is 54.9 Å². The summed E-state index contributed by atoms with van der Waals surface area (Å²) >= 11 is 0. The predicted octanol–water partition coefficient (Wildman–Crippen LogP) is 6.40. The molecule has 10 heteroatoms. The number of carbonyl (C=O) groups is 1. The third-order valence-electron chi connectivity index (χ3n) is 9.15. The molecule has 2 unspecified atom stereocenters. The van der Waals surface area contributed by atoms with E-state index >= 15 is 0 Å². The van der Waals surface area contributed by atoms with Gasteiger partial charge in [0, 0.05) is 24.2 Å². The van der Waals surface area contributed by atoms with Gasteiger partial charge < -0.3 is 9.26 Å². The highest BCUT2D eigenvalue weighted by Gasteiger charge is 2.61. The van der Waals surface area contributed by atoms with Crippen molar-refractivity contribution < 1.29 is 22.5 Å². The molecule has 43 heavy (non-hydrogen) atoms. The fraction of sp³-hybridized carbons (Fsp3) is 0.485. The maximum Gasteiger partial charge on any atom is 0.263 e. The summed E-state index contributed by atoms with van der Waals surface area (Å²) in [6.45, 7) is 8.83. The number of nitrogens with one attached hydrogen (secondary N) is 1. The second-order valence-corrected chi connectivity index (χ2v) is 13.8. The number of anilines is 1. The molecule has 2 aliphatic carbocycles. The summed E-state index contributed by atoms with van der Waals surface area (Å²) in [6.07, 6.45) is 5.83. The van der Waals surface area contributed by atoms with Crippen LogP contribution in [-0.4, -0.2) is 42.4 Å². The molecule has 2 fully saturated rings. The largest absolute Gasteiger partial charge is 0.377 e. The summed E-state index contributed by atoms with van der Waals surface area (Å²) in [6, 6.07) is 12.9. The van der Waals surface area contributed by atoms with Gasteiger partial charge >= 0.3 is 0 Å². The smallest absolute Gasteiger partial charge is 0.263 e. The average Bonchev–Trinajstić information content (AvgIpc) is 3.40. The lowest BCUT2D eigenvalue weighted by atomic mass is 9.93. The Hall–Kier alpha value is -3.50. The van der Waals surface area contributed by atoms with E-state index in [9.17, 15) is 13.2 Å². The third-order valence-corrected chi connectivity index (χ3v) is 10.5. The number of hydrogen-bond acceptors (Lipinski definition) is 7. The minimum atomic E-state index is -3.99. The third kappa shape index (κ3) is 5.62. The number of sulfonamides is 1. The zero-order chi connectivity index (χ0) is 30.4. The van der Waals surface area contributed by atoms with Crippen LogP contribution in [0.5, 0.6) is 0 Å². The average molecular weight is 605 g/mol. The lowest BCUT2D eigenvalue weighted by molar-refractivity contribution is -0.131. The van der Waals surface area contributed by atoms with E-state index in [4.69, 9.17) is 14.3 Å². The number of rotatable bonds is 12. The predicted molar refractivity (Wildman–Crippen MR) is 165 cm³/mol. The topological polar surface area (TPSA) is 114 Å². The molecular weight excluding hydrogens is 564 g/mol. The molecule has 228 valence electrons. The van der Waals surface area contributed by atoms with E-state index in [1.54, 1.807) is 32.0 Å². The molecule has 2 saturated carbocycles. The van der Waals surface area contributed by atoms with Crippen LogP contribution in [0.4, 0.5) is 5.82 Å². The van der Waals surface area contributed by atoms with Gasteiger partial charge in [-0.25, -0.2) is 8.42 Å². The van der Waals surface area contributed by atoms with Crippen LogP contribution in [0.1, 0.15) is 74.8 Å². The van der Waals surface area contributed by atoms with Crippen LogP contribution in [0.3, 0.4) is 0 Å². The maximum atomic E-state index is 13.9. The highest BCUT2D eigenvalue weighted by atomic mass is 32.2. The Labute approximate surface area is 253 Å². The normalized spacial score (nSPS) is 22.7. The molecule has 3 aromatic rings. The first kappa shape index (κ1) is 29.6. The van der Waals surface area contributed by atoms with Crippen molar-refractivity contribution in [3.05, 3.63) is 64.9 Å². The number of aromatic nitrogens is 1. The van der Waals surface area contributed by atoms with Crippen LogP contribution >= 0.6 is 0 Å². The van der Waals surface area contributed by atoms with Crippen molar-refractivity contribution in [3.8, 4) is 11.1 Å². The van der Waals surface area contributed by atoms with Gasteiger partial charge in [-0.2, -0.15) is 0 Å². The SMILES string of the molecule is CCCCC1=NC2(CC3CC3C2)C(=O)N1Cc1ccc(-c2ccccc2S(=O)(=O)Nc2noc(C)c2C)c(COCC)c1. The summed E-state index contributed by atoms with van der Waals surface area (Å²) in [7, 11) is -3.99. The Morgan fingerprint density at radius 3 is 2.56 bits per heavy atom. The molecule has 1 N–H and O–H groups in total. The van der Waals surface area contributed by atoms with Crippen LogP contribution in [0, 0.1) is 25.7 Å². The second kappa shape index (κ2) is 11.5. The molecule has 0 saturated heterocycles. The van der Waals surface area contributed by atoms with E-state index in [1.807, 2.05) is 36.1 Å². The fourth-order valence-electron chi connectivity index (χ4n) is 6.58. The molecule has 3 aliphatic rings. The van der Waals surface area contributed by atoms with Crippen molar-refractivity contribution in [1.29, 1.82) is 0 Å². The second-order valence-electron chi connectivity index (χ2n) is 12.2. The highest BCUT2D eigenvalue weighted by molar-refractivity contribution is 7.92. The summed E-state index contributed by atoms with van der Waals surface area (Å²) in [5, 5.41) is 3.88. The lowest BCUT2D eigenvalue weighted by Gasteiger charge is -2.24. The Morgan fingerprint density at radius 2 is 1.86 bits per heavy atom. The fourth-order valence-corrected chi connectivity index (χ4v) is 7.86. The molecule has 1 spiro atoms. The maximum absolute atomic E-state index is 13.9. The number of aliphatic imine (C=N–C) groups is 1. The van der Waals surface area contributed by atoms with Gasteiger partial charge in [0.25, 0.3) is 15.9 Å². The van der Waals surface area contributed by atoms with Crippen molar-refractivity contribution in [2.75, 3.05) is 11.3 Å². The standard InChI is InChI=1S/C33H40N4O5S/c1-5-7-12-30-34-33(17-24-16-25(24)18-33)32(38)37(30)19-23-13-14-27(26(15-23)20-41-6-2)28-10-8-9-11-29(28)43(39,40)36-31-21(3)22(4)42-35-31/h8-11,13-15,24-25H,5-7,12,16-20H2,1-4H3,(H,35,36). The van der Waals surface area contributed by atoms with E-state index in [0.717, 1.165) is 54.6 Å². The number of fused-ring (bicyclic) bond motifs is 1. The molecule has 1 aromatic heterocycles. The van der Waals surface area contributed by atoms with Crippen LogP contribution in [0.2, 0.25) is 0 Å². The summed E-state index contributed by atoms with van der Waals surface area (Å²) < 4.78 is 40.8. The van der Waals surface area contributed by atoms with Crippen molar-refractivity contribution in [1.82, 2.24) is 10.1 Å². The van der Waals surface area contributed by atoms with E-state index in [2.05, 4.69) is 16.8 Å². The van der Waals surface area contributed by atoms with E-state index in [-0.39, 0.29) is 16.6 Å². The van der Waals surface area contributed by atoms with Gasteiger partial charge in [0.2, 0.25) is 0 Å². The first-order valence-corrected chi connectivity index (χ1v) is 16.8. The number of hydrogen-bond donors (Lipinski definition) is 1. The van der Waals surface area contributed by atoms with Crippen LogP contribution in [0.15, 0.2) is 56.9 Å². The molecule has 9 nitrogen and oxygen atoms in total. The molecule has 2 heterocycles. The zero-order valence-corrected chi connectivity index (χ0v) is 26.2. The van der Waals surface area contributed by atoms with Crippen LogP contribution in [0.25, 0.3) is 11.1 Å². The first-order valence-electron chi connectivity index (χ1n) is 15.3. The van der Waals surface area contributed by atoms with Gasteiger partial charge in [-0.05, 0) is 81.0 Å². The molecule has 0 radical (unpaired) electrons. The number of amidine groups is 1. The minimum absolute atomic E-state index is 0.131. The number of carbonyl (C=O) groups excluding carboxylic acids is 1. The number of unbranched alkanes of at least 4 members (excludes halogenated alkanes) is 1. The Morgan fingerprint density at radius 1 is 1.09 bits per heavy atom. The number of benzene rings is 2. The minimum Gasteiger partial charge on any atom is -0.377 e. The quantitative estimate of drug-likeness (QED) is 0.256. The molecule has 0 bridgehead atoms. The van der Waals surface area contributed by atoms with Gasteiger partial charge in [-0.3, -0.25) is 19.4 Å². The summed E-state index contributed by atoms with van der Waals surface area (Å²) in [5.41, 5.74) is 3.20. The molecule has 2 atom stereocenters. The number of aryl methyl sites for hydroxylation is 1. The Balaban J connectivity index is 1.32. The van der Waals surface area contributed by atoms with Crippen LogP contribution < -0.4 is 4.72 Å². The molecule has 1 amide bonds. The van der Waals surface area contributed by atoms with E-state index in [0.29, 0.717) is 48.5 Å². The Kier molecular flexibility index (Phi) is 7.93. The summed E-state index contributed by atoms with van der Waals surface area (Å²) in [4.78, 5) is 21.0. The van der Waals surface area contributed by atoms with Crippen molar-refractivity contribution in [2.45, 2.75) is 89.8 Å². The van der Waals surface area contributed by atoms with Crippen molar-refractivity contribution in [3.63, 3.8) is 0 Å². The van der Waals surface area contributed by atoms with Crippen molar-refractivity contribution in [2.24, 2.45) is 16.8 Å². The first-order chi connectivity index (χ1) is 20.7. The van der Waals surface area contributed by atoms with Gasteiger partial charge in [0.1, 0.15) is 17.1 Å². The van der Waals surface area contributed by atoms with E-state index in [1.165, 1.54) is 6.42 Å². The van der Waals surface area contributed by atoms with Gasteiger partial charge in [0.05, 0.1) is 18.0 Å². The van der Waals surface area contributed by atoms with Crippen LogP contribution in [-0.2, 0) is 32.7 Å². The highest BCUT2D eigenvalue weighted by Crippen LogP contribution is 2.59. The molecule has 6 rings (SSSR count). The number of ether oxygens (including phenoxy) is 1. The van der Waals surface area contributed by atoms with Gasteiger partial charge in [-0.15, -0.1) is 0 Å². The van der Waals surface area contributed by atoms with Gasteiger partial charge in [0.15, 0.2) is 5.82 Å². The molecular formula is C33H40N4O5S. The number of nitrogens with zero attached hydrogens (tertiary/aromatic N) is 3. The van der Waals surface area contributed by atoms with Crippen molar-refractivity contribution >= 4 is 27.6 Å². The zero-order valence-electron chi connectivity index (χ0n) is 25.4. The monoisotopic (exact) mass is 604 g/mol. The Bertz CT molecular complexity index is 1670.